The lowest BCUT2D eigenvalue weighted by atomic mass is 10.1. The van der Waals surface area contributed by atoms with E-state index in [9.17, 15) is 9.59 Å². The molecular formula is C22H36N4O4. The zero-order valence-corrected chi connectivity index (χ0v) is 18.9. The molecule has 0 bridgehead atoms. The van der Waals surface area contributed by atoms with Crippen LogP contribution in [0.3, 0.4) is 0 Å². The molecule has 1 saturated heterocycles. The van der Waals surface area contributed by atoms with E-state index >= 15 is 0 Å². The minimum atomic E-state index is -0.174. The van der Waals surface area contributed by atoms with Crippen LogP contribution in [0.5, 0.6) is 11.5 Å². The topological polar surface area (TPSA) is 74.4 Å². The molecule has 3 amide bonds. The number of amides is 3. The third kappa shape index (κ3) is 6.26. The fourth-order valence-corrected chi connectivity index (χ4v) is 3.69. The Morgan fingerprint density at radius 3 is 2.50 bits per heavy atom. The van der Waals surface area contributed by atoms with E-state index in [0.717, 1.165) is 38.2 Å². The first kappa shape index (κ1) is 23.8. The van der Waals surface area contributed by atoms with Gasteiger partial charge in [0.05, 0.1) is 14.2 Å². The van der Waals surface area contributed by atoms with Crippen molar-refractivity contribution in [2.75, 3.05) is 58.4 Å². The Morgan fingerprint density at radius 1 is 1.17 bits per heavy atom. The summed E-state index contributed by atoms with van der Waals surface area (Å²) in [7, 11) is 3.14. The van der Waals surface area contributed by atoms with Crippen molar-refractivity contribution >= 4 is 17.6 Å². The van der Waals surface area contributed by atoms with Gasteiger partial charge in [0.2, 0.25) is 5.91 Å². The number of hydrogen-bond donors (Lipinski definition) is 1. The maximum atomic E-state index is 12.8. The number of ether oxygens (including phenoxy) is 2. The number of hydrogen-bond acceptors (Lipinski definition) is 5. The summed E-state index contributed by atoms with van der Waals surface area (Å²) in [6.45, 7) is 10.6. The van der Waals surface area contributed by atoms with Gasteiger partial charge >= 0.3 is 6.03 Å². The lowest BCUT2D eigenvalue weighted by Gasteiger charge is -2.21. The van der Waals surface area contributed by atoms with Gasteiger partial charge in [-0.15, -0.1) is 0 Å². The molecule has 1 N–H and O–H groups in total. The Labute approximate surface area is 180 Å². The third-order valence-corrected chi connectivity index (χ3v) is 5.52. The van der Waals surface area contributed by atoms with E-state index in [-0.39, 0.29) is 24.5 Å². The van der Waals surface area contributed by atoms with E-state index in [2.05, 4.69) is 24.1 Å². The van der Waals surface area contributed by atoms with Crippen LogP contribution in [0.15, 0.2) is 18.2 Å². The van der Waals surface area contributed by atoms with Crippen LogP contribution in [-0.2, 0) is 4.79 Å². The number of urea groups is 1. The summed E-state index contributed by atoms with van der Waals surface area (Å²) < 4.78 is 10.6. The van der Waals surface area contributed by atoms with Crippen molar-refractivity contribution in [3.8, 4) is 11.5 Å². The average Bonchev–Trinajstić information content (AvgIpc) is 3.10. The second-order valence-electron chi connectivity index (χ2n) is 7.53. The Kier molecular flexibility index (Phi) is 9.23. The predicted octanol–water partition coefficient (Wildman–Crippen LogP) is 2.57. The Morgan fingerprint density at radius 2 is 1.87 bits per heavy atom. The predicted molar refractivity (Wildman–Crippen MR) is 118 cm³/mol. The highest BCUT2D eigenvalue weighted by molar-refractivity contribution is 5.96. The molecule has 1 aromatic carbocycles. The molecule has 1 unspecified atom stereocenters. The average molecular weight is 421 g/mol. The Hall–Kier alpha value is -2.48. The highest BCUT2D eigenvalue weighted by atomic mass is 16.5. The number of carbonyl (C=O) groups excluding carboxylic acids is 2. The second kappa shape index (κ2) is 11.6. The maximum absolute atomic E-state index is 12.8. The van der Waals surface area contributed by atoms with Crippen LogP contribution in [0.2, 0.25) is 0 Å². The summed E-state index contributed by atoms with van der Waals surface area (Å²) in [5.41, 5.74) is 0.727. The van der Waals surface area contributed by atoms with Gasteiger partial charge in [-0.1, -0.05) is 13.8 Å². The monoisotopic (exact) mass is 420 g/mol. The van der Waals surface area contributed by atoms with Crippen LogP contribution in [0.25, 0.3) is 0 Å². The molecule has 1 fully saturated rings. The van der Waals surface area contributed by atoms with Crippen LogP contribution < -0.4 is 19.7 Å². The van der Waals surface area contributed by atoms with Crippen LogP contribution in [-0.4, -0.2) is 81.3 Å². The van der Waals surface area contributed by atoms with Crippen molar-refractivity contribution in [1.29, 1.82) is 0 Å². The van der Waals surface area contributed by atoms with E-state index in [1.165, 1.54) is 0 Å². The van der Waals surface area contributed by atoms with Crippen molar-refractivity contribution in [3.63, 3.8) is 0 Å². The standard InChI is InChI=1S/C22H36N4O4/c1-6-24(7-2)12-8-9-17(3)23-21(27)16-25-13-14-26(22(25)28)18-10-11-19(29-4)20(15-18)30-5/h10-11,15,17H,6-9,12-14,16H2,1-5H3,(H,23,27). The van der Waals surface area contributed by atoms with Crippen LogP contribution >= 0.6 is 0 Å². The van der Waals surface area contributed by atoms with Crippen molar-refractivity contribution < 1.29 is 19.1 Å². The molecular weight excluding hydrogens is 384 g/mol. The molecule has 1 aliphatic rings. The van der Waals surface area contributed by atoms with E-state index in [4.69, 9.17) is 9.47 Å². The van der Waals surface area contributed by atoms with Gasteiger partial charge < -0.3 is 24.6 Å². The van der Waals surface area contributed by atoms with Gasteiger partial charge in [0, 0.05) is 30.9 Å². The van der Waals surface area contributed by atoms with Crippen molar-refractivity contribution in [2.24, 2.45) is 0 Å². The maximum Gasteiger partial charge on any atom is 0.325 e. The molecule has 168 valence electrons. The fourth-order valence-electron chi connectivity index (χ4n) is 3.69. The summed E-state index contributed by atoms with van der Waals surface area (Å²) >= 11 is 0. The van der Waals surface area contributed by atoms with Gasteiger partial charge in [0.1, 0.15) is 6.54 Å². The highest BCUT2D eigenvalue weighted by Crippen LogP contribution is 2.32. The summed E-state index contributed by atoms with van der Waals surface area (Å²) in [4.78, 5) is 30.8. The number of nitrogens with zero attached hydrogens (tertiary/aromatic N) is 3. The number of carbonyl (C=O) groups is 2. The smallest absolute Gasteiger partial charge is 0.325 e. The van der Waals surface area contributed by atoms with Gasteiger partial charge in [0.15, 0.2) is 11.5 Å². The summed E-state index contributed by atoms with van der Waals surface area (Å²) in [6, 6.07) is 5.29. The van der Waals surface area contributed by atoms with Gasteiger partial charge in [-0.2, -0.15) is 0 Å². The lowest BCUT2D eigenvalue weighted by molar-refractivity contribution is -0.122. The molecule has 1 aliphatic heterocycles. The van der Waals surface area contributed by atoms with Crippen molar-refractivity contribution in [3.05, 3.63) is 18.2 Å². The number of rotatable bonds is 12. The molecule has 1 aromatic rings. The molecule has 0 spiro atoms. The van der Waals surface area contributed by atoms with Crippen LogP contribution in [0.4, 0.5) is 10.5 Å². The Balaban J connectivity index is 1.84. The highest BCUT2D eigenvalue weighted by Gasteiger charge is 2.31. The molecule has 0 aliphatic carbocycles. The van der Waals surface area contributed by atoms with Crippen LogP contribution in [0.1, 0.15) is 33.6 Å². The SMILES string of the molecule is CCN(CC)CCCC(C)NC(=O)CN1CCN(c2ccc(OC)c(OC)c2)C1=O. The number of methoxy groups -OCH3 is 2. The van der Waals surface area contributed by atoms with Gasteiger partial charge in [-0.3, -0.25) is 9.69 Å². The molecule has 8 nitrogen and oxygen atoms in total. The molecule has 8 heteroatoms. The largest absolute Gasteiger partial charge is 0.493 e. The van der Waals surface area contributed by atoms with E-state index in [1.54, 1.807) is 36.2 Å². The molecule has 0 aromatic heterocycles. The summed E-state index contributed by atoms with van der Waals surface area (Å²) in [5.74, 6) is 1.06. The van der Waals surface area contributed by atoms with Crippen molar-refractivity contribution in [1.82, 2.24) is 15.1 Å². The molecule has 0 saturated carbocycles. The minimum Gasteiger partial charge on any atom is -0.493 e. The molecule has 2 rings (SSSR count). The normalized spacial score (nSPS) is 14.9. The third-order valence-electron chi connectivity index (χ3n) is 5.52. The zero-order chi connectivity index (χ0) is 22.1. The molecule has 1 atom stereocenters. The lowest BCUT2D eigenvalue weighted by Crippen LogP contribution is -2.43. The molecule has 1 heterocycles. The first-order valence-electron chi connectivity index (χ1n) is 10.7. The molecule has 30 heavy (non-hydrogen) atoms. The van der Waals surface area contributed by atoms with E-state index in [0.29, 0.717) is 24.6 Å². The van der Waals surface area contributed by atoms with Gasteiger partial charge in [0.25, 0.3) is 0 Å². The fraction of sp³-hybridized carbons (Fsp3) is 0.636. The first-order valence-corrected chi connectivity index (χ1v) is 10.7. The van der Waals surface area contributed by atoms with E-state index < -0.39 is 0 Å². The Bertz CT molecular complexity index is 708. The molecule has 0 radical (unpaired) electrons. The first-order chi connectivity index (χ1) is 14.4. The zero-order valence-electron chi connectivity index (χ0n) is 18.9. The summed E-state index contributed by atoms with van der Waals surface area (Å²) in [6.07, 6.45) is 1.97. The number of nitrogens with one attached hydrogen (secondary N) is 1. The minimum absolute atomic E-state index is 0.0724. The van der Waals surface area contributed by atoms with Crippen LogP contribution in [0, 0.1) is 0 Å². The van der Waals surface area contributed by atoms with E-state index in [1.807, 2.05) is 13.0 Å². The summed E-state index contributed by atoms with van der Waals surface area (Å²) in [5, 5.41) is 3.02. The number of anilines is 1. The van der Waals surface area contributed by atoms with Gasteiger partial charge in [-0.25, -0.2) is 4.79 Å². The second-order valence-corrected chi connectivity index (χ2v) is 7.53. The van der Waals surface area contributed by atoms with Gasteiger partial charge in [-0.05, 0) is 51.5 Å². The quantitative estimate of drug-likeness (QED) is 0.563. The van der Waals surface area contributed by atoms with Crippen molar-refractivity contribution in [2.45, 2.75) is 39.7 Å². The number of benzene rings is 1.